The van der Waals surface area contributed by atoms with Crippen molar-refractivity contribution in [3.8, 4) is 0 Å². The number of nitrogens with zero attached hydrogens (tertiary/aromatic N) is 1. The van der Waals surface area contributed by atoms with E-state index in [0.29, 0.717) is 0 Å². The van der Waals surface area contributed by atoms with Crippen molar-refractivity contribution in [2.45, 2.75) is 25.4 Å². The number of anilines is 1. The van der Waals surface area contributed by atoms with Gasteiger partial charge in [-0.05, 0) is 37.6 Å². The van der Waals surface area contributed by atoms with E-state index in [9.17, 15) is 5.11 Å². The van der Waals surface area contributed by atoms with E-state index < -0.39 is 5.60 Å². The van der Waals surface area contributed by atoms with Crippen molar-refractivity contribution >= 4 is 21.6 Å². The van der Waals surface area contributed by atoms with Crippen molar-refractivity contribution in [1.29, 1.82) is 0 Å². The molecule has 0 bridgehead atoms. The van der Waals surface area contributed by atoms with Crippen molar-refractivity contribution < 1.29 is 5.11 Å². The summed E-state index contributed by atoms with van der Waals surface area (Å²) in [5.74, 6) is 0.190. The molecule has 82 valence electrons. The Bertz CT molecular complexity index is 384. The van der Waals surface area contributed by atoms with Crippen LogP contribution in [0.25, 0.3) is 0 Å². The monoisotopic (exact) mass is 269 g/mol. The molecular weight excluding hydrogens is 254 g/mol. The van der Waals surface area contributed by atoms with Crippen molar-refractivity contribution in [2.24, 2.45) is 0 Å². The van der Waals surface area contributed by atoms with Crippen LogP contribution in [0.4, 0.5) is 5.69 Å². The minimum Gasteiger partial charge on any atom is -0.390 e. The fourth-order valence-electron chi connectivity index (χ4n) is 2.23. The van der Waals surface area contributed by atoms with E-state index in [2.05, 4.69) is 40.0 Å². The summed E-state index contributed by atoms with van der Waals surface area (Å²) in [6, 6.07) is 6.26. The van der Waals surface area contributed by atoms with Gasteiger partial charge in [0.15, 0.2) is 0 Å². The zero-order valence-corrected chi connectivity index (χ0v) is 10.9. The van der Waals surface area contributed by atoms with Crippen LogP contribution in [0.3, 0.4) is 0 Å². The summed E-state index contributed by atoms with van der Waals surface area (Å²) in [6.07, 6.45) is 0. The highest BCUT2D eigenvalue weighted by Gasteiger charge is 2.36. The van der Waals surface area contributed by atoms with E-state index in [4.69, 9.17) is 0 Å². The van der Waals surface area contributed by atoms with E-state index in [-0.39, 0.29) is 5.92 Å². The lowest BCUT2D eigenvalue weighted by atomic mass is 9.86. The summed E-state index contributed by atoms with van der Waals surface area (Å²) >= 11 is 3.48. The molecular formula is C12H16BrNO. The highest BCUT2D eigenvalue weighted by Crippen LogP contribution is 2.42. The second kappa shape index (κ2) is 3.49. The molecule has 0 fully saturated rings. The highest BCUT2D eigenvalue weighted by atomic mass is 79.9. The maximum Gasteiger partial charge on any atom is 0.0677 e. The molecule has 0 saturated heterocycles. The third-order valence-electron chi connectivity index (χ3n) is 3.09. The number of rotatable bonds is 1. The van der Waals surface area contributed by atoms with Gasteiger partial charge in [0.2, 0.25) is 0 Å². The SMILES string of the molecule is CN1CC(C(C)(C)O)c2cc(Br)ccc21. The first kappa shape index (κ1) is 11.0. The van der Waals surface area contributed by atoms with Gasteiger partial charge in [-0.3, -0.25) is 0 Å². The Hall–Kier alpha value is -0.540. The minimum absolute atomic E-state index is 0.190. The Morgan fingerprint density at radius 2 is 2.13 bits per heavy atom. The van der Waals surface area contributed by atoms with Gasteiger partial charge < -0.3 is 10.0 Å². The van der Waals surface area contributed by atoms with Gasteiger partial charge in [-0.2, -0.15) is 0 Å². The van der Waals surface area contributed by atoms with Crippen LogP contribution in [0, 0.1) is 0 Å². The normalized spacial score (nSPS) is 20.6. The fourth-order valence-corrected chi connectivity index (χ4v) is 2.61. The standard InChI is InChI=1S/C12H16BrNO/c1-12(2,15)10-7-14(3)11-5-4-8(13)6-9(10)11/h4-6,10,15H,7H2,1-3H3. The Balaban J connectivity index is 2.49. The molecule has 0 amide bonds. The molecule has 0 radical (unpaired) electrons. The zero-order valence-electron chi connectivity index (χ0n) is 9.29. The largest absolute Gasteiger partial charge is 0.390 e. The highest BCUT2D eigenvalue weighted by molar-refractivity contribution is 9.10. The van der Waals surface area contributed by atoms with Crippen LogP contribution >= 0.6 is 15.9 Å². The first-order valence-corrected chi connectivity index (χ1v) is 5.92. The quantitative estimate of drug-likeness (QED) is 0.848. The molecule has 2 nitrogen and oxygen atoms in total. The lowest BCUT2D eigenvalue weighted by Crippen LogP contribution is -2.32. The van der Waals surface area contributed by atoms with E-state index in [1.807, 2.05) is 19.9 Å². The summed E-state index contributed by atoms with van der Waals surface area (Å²) in [4.78, 5) is 2.20. The van der Waals surface area contributed by atoms with Gasteiger partial charge in [-0.15, -0.1) is 0 Å². The molecule has 1 aromatic carbocycles. The molecule has 1 heterocycles. The van der Waals surface area contributed by atoms with Crippen LogP contribution in [0.1, 0.15) is 25.3 Å². The van der Waals surface area contributed by atoms with Crippen LogP contribution in [0.15, 0.2) is 22.7 Å². The van der Waals surface area contributed by atoms with Gasteiger partial charge in [0.1, 0.15) is 0 Å². The summed E-state index contributed by atoms with van der Waals surface area (Å²) in [5, 5.41) is 10.1. The zero-order chi connectivity index (χ0) is 11.2. The third-order valence-corrected chi connectivity index (χ3v) is 3.58. The van der Waals surface area contributed by atoms with Gasteiger partial charge in [-0.25, -0.2) is 0 Å². The molecule has 1 N–H and O–H groups in total. The topological polar surface area (TPSA) is 23.5 Å². The van der Waals surface area contributed by atoms with Crippen molar-refractivity contribution in [3.05, 3.63) is 28.2 Å². The van der Waals surface area contributed by atoms with Crippen LogP contribution in [-0.2, 0) is 0 Å². The first-order chi connectivity index (χ1) is 6.89. The van der Waals surface area contributed by atoms with E-state index >= 15 is 0 Å². The van der Waals surface area contributed by atoms with Crippen molar-refractivity contribution in [1.82, 2.24) is 0 Å². The summed E-state index contributed by atoms with van der Waals surface area (Å²) in [5.41, 5.74) is 1.80. The van der Waals surface area contributed by atoms with Gasteiger partial charge in [-0.1, -0.05) is 15.9 Å². The molecule has 0 aliphatic carbocycles. The number of aliphatic hydroxyl groups is 1. The number of hydrogen-bond acceptors (Lipinski definition) is 2. The summed E-state index contributed by atoms with van der Waals surface area (Å²) in [7, 11) is 2.07. The molecule has 2 rings (SSSR count). The first-order valence-electron chi connectivity index (χ1n) is 5.12. The minimum atomic E-state index is -0.666. The van der Waals surface area contributed by atoms with Crippen LogP contribution < -0.4 is 4.90 Å². The predicted molar refractivity (Wildman–Crippen MR) is 66.5 cm³/mol. The maximum absolute atomic E-state index is 10.1. The smallest absolute Gasteiger partial charge is 0.0677 e. The Morgan fingerprint density at radius 3 is 2.73 bits per heavy atom. The summed E-state index contributed by atoms with van der Waals surface area (Å²) in [6.45, 7) is 4.64. The van der Waals surface area contributed by atoms with Crippen molar-refractivity contribution in [2.75, 3.05) is 18.5 Å². The number of hydrogen-bond donors (Lipinski definition) is 1. The number of halogens is 1. The molecule has 0 saturated carbocycles. The molecule has 1 aliphatic rings. The third kappa shape index (κ3) is 1.91. The van der Waals surface area contributed by atoms with Gasteiger partial charge >= 0.3 is 0 Å². The molecule has 1 atom stereocenters. The van der Waals surface area contributed by atoms with Gasteiger partial charge in [0, 0.05) is 29.7 Å². The number of likely N-dealkylation sites (N-methyl/N-ethyl adjacent to an activating group) is 1. The maximum atomic E-state index is 10.1. The van der Waals surface area contributed by atoms with Crippen LogP contribution in [-0.4, -0.2) is 24.3 Å². The second-order valence-corrected chi connectivity index (χ2v) is 5.71. The number of fused-ring (bicyclic) bond motifs is 1. The summed E-state index contributed by atoms with van der Waals surface area (Å²) < 4.78 is 1.07. The molecule has 1 aromatic rings. The van der Waals surface area contributed by atoms with Crippen LogP contribution in [0.2, 0.25) is 0 Å². The Morgan fingerprint density at radius 1 is 1.47 bits per heavy atom. The Kier molecular flexibility index (Phi) is 2.55. The van der Waals surface area contributed by atoms with Gasteiger partial charge in [0.25, 0.3) is 0 Å². The molecule has 0 spiro atoms. The van der Waals surface area contributed by atoms with Gasteiger partial charge in [0.05, 0.1) is 5.60 Å². The lowest BCUT2D eigenvalue weighted by Gasteiger charge is -2.26. The van der Waals surface area contributed by atoms with E-state index in [1.165, 1.54) is 11.3 Å². The Labute approximate surface area is 99.0 Å². The lowest BCUT2D eigenvalue weighted by molar-refractivity contribution is 0.0550. The molecule has 1 unspecified atom stereocenters. The average Bonchev–Trinajstić information content (AvgIpc) is 2.42. The fraction of sp³-hybridized carbons (Fsp3) is 0.500. The van der Waals surface area contributed by atoms with E-state index in [0.717, 1.165) is 11.0 Å². The van der Waals surface area contributed by atoms with Crippen LogP contribution in [0.5, 0.6) is 0 Å². The molecule has 15 heavy (non-hydrogen) atoms. The van der Waals surface area contributed by atoms with Crippen molar-refractivity contribution in [3.63, 3.8) is 0 Å². The second-order valence-electron chi connectivity index (χ2n) is 4.79. The predicted octanol–water partition coefficient (Wildman–Crippen LogP) is 2.75. The average molecular weight is 270 g/mol. The van der Waals surface area contributed by atoms with E-state index in [1.54, 1.807) is 0 Å². The molecule has 1 aliphatic heterocycles. The number of benzene rings is 1. The molecule has 0 aromatic heterocycles. The molecule has 3 heteroatoms.